The number of phenolic OH excluding ortho intramolecular Hbond substituents is 1. The van der Waals surface area contributed by atoms with Gasteiger partial charge in [-0.3, -0.25) is 9.59 Å². The van der Waals surface area contributed by atoms with E-state index in [2.05, 4.69) is 0 Å². The summed E-state index contributed by atoms with van der Waals surface area (Å²) in [6.07, 6.45) is -0.881. The van der Waals surface area contributed by atoms with Gasteiger partial charge in [0.05, 0.1) is 24.3 Å². The highest BCUT2D eigenvalue weighted by atomic mass is 16.5. The van der Waals surface area contributed by atoms with Gasteiger partial charge in [-0.05, 0) is 38.5 Å². The lowest BCUT2D eigenvalue weighted by atomic mass is 9.94. The number of amides is 1. The minimum Gasteiger partial charge on any atom is -0.507 e. The van der Waals surface area contributed by atoms with Crippen LogP contribution in [0.5, 0.6) is 11.5 Å². The van der Waals surface area contributed by atoms with Gasteiger partial charge < -0.3 is 25.0 Å². The monoisotopic (exact) mass is 411 g/mol. The molecule has 158 valence electrons. The lowest BCUT2D eigenvalue weighted by molar-refractivity contribution is -0.140. The number of ketones is 1. The Bertz CT molecular complexity index is 993. The molecular weight excluding hydrogens is 386 g/mol. The van der Waals surface area contributed by atoms with Gasteiger partial charge in [-0.25, -0.2) is 0 Å². The molecule has 3 rings (SSSR count). The molecular formula is C23H25NO6. The number of aliphatic hydroxyl groups excluding tert-OH is 2. The molecule has 1 saturated heterocycles. The van der Waals surface area contributed by atoms with Crippen LogP contribution in [0, 0.1) is 6.92 Å². The summed E-state index contributed by atoms with van der Waals surface area (Å²) in [6, 6.07) is 10.5. The highest BCUT2D eigenvalue weighted by molar-refractivity contribution is 6.46. The first-order valence-electron chi connectivity index (χ1n) is 9.73. The molecule has 1 aliphatic heterocycles. The first-order valence-corrected chi connectivity index (χ1v) is 9.73. The van der Waals surface area contributed by atoms with Crippen LogP contribution < -0.4 is 4.74 Å². The molecule has 2 aromatic carbocycles. The first-order chi connectivity index (χ1) is 14.2. The smallest absolute Gasteiger partial charge is 0.295 e. The summed E-state index contributed by atoms with van der Waals surface area (Å²) in [5.41, 5.74) is 1.80. The summed E-state index contributed by atoms with van der Waals surface area (Å²) in [7, 11) is 0. The molecule has 1 aliphatic rings. The van der Waals surface area contributed by atoms with Crippen LogP contribution in [0.15, 0.2) is 48.0 Å². The number of ether oxygens (including phenoxy) is 1. The molecule has 30 heavy (non-hydrogen) atoms. The second kappa shape index (κ2) is 8.59. The van der Waals surface area contributed by atoms with Crippen LogP contribution in [0.4, 0.5) is 0 Å². The van der Waals surface area contributed by atoms with Crippen LogP contribution in [-0.4, -0.2) is 51.2 Å². The van der Waals surface area contributed by atoms with E-state index in [1.165, 1.54) is 24.0 Å². The molecule has 2 atom stereocenters. The zero-order chi connectivity index (χ0) is 22.0. The molecule has 2 unspecified atom stereocenters. The molecule has 0 bridgehead atoms. The quantitative estimate of drug-likeness (QED) is 0.383. The Balaban J connectivity index is 2.20. The second-order valence-electron chi connectivity index (χ2n) is 7.33. The summed E-state index contributed by atoms with van der Waals surface area (Å²) >= 11 is 0. The lowest BCUT2D eigenvalue weighted by Gasteiger charge is -2.26. The van der Waals surface area contributed by atoms with Crippen molar-refractivity contribution >= 4 is 17.4 Å². The zero-order valence-corrected chi connectivity index (χ0v) is 17.1. The Labute approximate surface area is 174 Å². The number of nitrogens with zero attached hydrogens (tertiary/aromatic N) is 1. The van der Waals surface area contributed by atoms with Crippen LogP contribution in [0.1, 0.15) is 36.6 Å². The Morgan fingerprint density at radius 2 is 1.83 bits per heavy atom. The maximum absolute atomic E-state index is 12.9. The first kappa shape index (κ1) is 21.4. The molecule has 3 N–H and O–H groups in total. The lowest BCUT2D eigenvalue weighted by Crippen LogP contribution is -2.35. The zero-order valence-electron chi connectivity index (χ0n) is 17.1. The van der Waals surface area contributed by atoms with E-state index in [9.17, 15) is 24.9 Å². The molecule has 0 spiro atoms. The predicted octanol–water partition coefficient (Wildman–Crippen LogP) is 2.90. The largest absolute Gasteiger partial charge is 0.507 e. The summed E-state index contributed by atoms with van der Waals surface area (Å²) < 4.78 is 5.43. The molecule has 0 saturated carbocycles. The molecule has 0 radical (unpaired) electrons. The van der Waals surface area contributed by atoms with Gasteiger partial charge in [0.25, 0.3) is 11.7 Å². The predicted molar refractivity (Wildman–Crippen MR) is 111 cm³/mol. The number of hydrogen-bond acceptors (Lipinski definition) is 6. The third-order valence-corrected chi connectivity index (χ3v) is 4.93. The van der Waals surface area contributed by atoms with Crippen molar-refractivity contribution in [1.29, 1.82) is 0 Å². The third kappa shape index (κ3) is 4.02. The Morgan fingerprint density at radius 3 is 2.43 bits per heavy atom. The number of aromatic hydroxyl groups is 1. The van der Waals surface area contributed by atoms with Crippen LogP contribution in [0.2, 0.25) is 0 Å². The number of β-amino-alcohol motifs (C(OH)–C–C–N with tert-alkyl or cyclic N) is 1. The van der Waals surface area contributed by atoms with E-state index < -0.39 is 23.8 Å². The van der Waals surface area contributed by atoms with E-state index in [0.29, 0.717) is 17.7 Å². The van der Waals surface area contributed by atoms with Gasteiger partial charge in [0.15, 0.2) is 11.5 Å². The number of hydrogen-bond donors (Lipinski definition) is 3. The topological polar surface area (TPSA) is 107 Å². The van der Waals surface area contributed by atoms with Crippen LogP contribution >= 0.6 is 0 Å². The van der Waals surface area contributed by atoms with Gasteiger partial charge in [0, 0.05) is 12.1 Å². The van der Waals surface area contributed by atoms with Crippen molar-refractivity contribution in [2.45, 2.75) is 32.9 Å². The summed E-state index contributed by atoms with van der Waals surface area (Å²) in [5.74, 6) is -1.80. The van der Waals surface area contributed by atoms with Gasteiger partial charge in [-0.1, -0.05) is 35.9 Å². The van der Waals surface area contributed by atoms with Crippen molar-refractivity contribution in [3.8, 4) is 11.5 Å². The third-order valence-electron chi connectivity index (χ3n) is 4.93. The van der Waals surface area contributed by atoms with Gasteiger partial charge >= 0.3 is 0 Å². The number of carbonyl (C=O) groups is 2. The minimum absolute atomic E-state index is 0.0716. The van der Waals surface area contributed by atoms with Gasteiger partial charge in [0.2, 0.25) is 0 Å². The Hall–Kier alpha value is -3.32. The van der Waals surface area contributed by atoms with Crippen LogP contribution in [0.25, 0.3) is 5.76 Å². The number of phenols is 1. The Morgan fingerprint density at radius 1 is 1.17 bits per heavy atom. The number of benzene rings is 2. The van der Waals surface area contributed by atoms with Gasteiger partial charge in [0.1, 0.15) is 5.76 Å². The fraction of sp³-hybridized carbons (Fsp3) is 0.304. The highest BCUT2D eigenvalue weighted by Crippen LogP contribution is 2.41. The number of aryl methyl sites for hydroxylation is 1. The number of rotatable bonds is 6. The van der Waals surface area contributed by atoms with E-state index in [1.807, 2.05) is 6.92 Å². The average molecular weight is 411 g/mol. The number of aliphatic hydroxyl groups is 2. The van der Waals surface area contributed by atoms with Crippen LogP contribution in [0.3, 0.4) is 0 Å². The van der Waals surface area contributed by atoms with Crippen molar-refractivity contribution < 1.29 is 29.6 Å². The van der Waals surface area contributed by atoms with E-state index in [-0.39, 0.29) is 29.4 Å². The molecule has 0 aromatic heterocycles. The SMILES string of the molecule is CCOc1cc(C2/C(=C(\O)c3ccc(C)cc3)C(=O)C(=O)N2CC(C)O)ccc1O. The van der Waals surface area contributed by atoms with Gasteiger partial charge in [-0.15, -0.1) is 0 Å². The molecule has 0 aliphatic carbocycles. The molecule has 7 nitrogen and oxygen atoms in total. The number of carbonyl (C=O) groups excluding carboxylic acids is 2. The maximum Gasteiger partial charge on any atom is 0.295 e. The fourth-order valence-electron chi connectivity index (χ4n) is 3.54. The molecule has 2 aromatic rings. The molecule has 7 heteroatoms. The van der Waals surface area contributed by atoms with E-state index in [4.69, 9.17) is 4.74 Å². The molecule has 1 fully saturated rings. The number of Topliss-reactive ketones (excluding diaryl/α,β-unsaturated/α-hetero) is 1. The standard InChI is InChI=1S/C23H25NO6/c1-4-30-18-11-16(9-10-17(18)26)20-19(21(27)15-7-5-13(2)6-8-15)22(28)23(29)24(20)12-14(3)25/h5-11,14,20,25-27H,4,12H2,1-3H3/b21-19+. The minimum atomic E-state index is -0.930. The Kier molecular flexibility index (Phi) is 6.12. The molecule has 1 heterocycles. The average Bonchev–Trinajstić information content (AvgIpc) is 2.94. The van der Waals surface area contributed by atoms with Crippen molar-refractivity contribution in [3.63, 3.8) is 0 Å². The maximum atomic E-state index is 12.9. The van der Waals surface area contributed by atoms with E-state index in [0.717, 1.165) is 5.56 Å². The second-order valence-corrected chi connectivity index (χ2v) is 7.33. The van der Waals surface area contributed by atoms with Crippen molar-refractivity contribution in [2.24, 2.45) is 0 Å². The van der Waals surface area contributed by atoms with Crippen molar-refractivity contribution in [3.05, 3.63) is 64.7 Å². The highest BCUT2D eigenvalue weighted by Gasteiger charge is 2.46. The van der Waals surface area contributed by atoms with Crippen molar-refractivity contribution in [1.82, 2.24) is 4.90 Å². The summed E-state index contributed by atoms with van der Waals surface area (Å²) in [5, 5.41) is 30.9. The normalized spacial score (nSPS) is 19.2. The summed E-state index contributed by atoms with van der Waals surface area (Å²) in [4.78, 5) is 26.8. The van der Waals surface area contributed by atoms with Crippen molar-refractivity contribution in [2.75, 3.05) is 13.2 Å². The molecule has 1 amide bonds. The van der Waals surface area contributed by atoms with E-state index >= 15 is 0 Å². The number of likely N-dealkylation sites (tertiary alicyclic amines) is 1. The van der Waals surface area contributed by atoms with Crippen LogP contribution in [-0.2, 0) is 9.59 Å². The van der Waals surface area contributed by atoms with Gasteiger partial charge in [-0.2, -0.15) is 0 Å². The van der Waals surface area contributed by atoms with E-state index in [1.54, 1.807) is 37.3 Å². The summed E-state index contributed by atoms with van der Waals surface area (Å²) in [6.45, 7) is 5.40. The fourth-order valence-corrected chi connectivity index (χ4v) is 3.54.